The molecule has 1 aliphatic carbocycles. The first-order chi connectivity index (χ1) is 19.7. The average molecular weight is 556 g/mol. The van der Waals surface area contributed by atoms with Crippen LogP contribution in [-0.4, -0.2) is 48.8 Å². The van der Waals surface area contributed by atoms with Gasteiger partial charge in [-0.2, -0.15) is 0 Å². The van der Waals surface area contributed by atoms with Crippen molar-refractivity contribution < 1.29 is 23.9 Å². The standard InChI is InChI=1S/C31H33N5O5/c1-31(2,3)41-19-27(28(37)33-26(29(38)35-36-32)17-20-11-5-4-6-12-20)34-30(39)40-18-25-23-15-9-7-13-21(23)22-14-8-10-16-24(22)25/h4-16,25-27H,17-19H2,1-3H3,(H,33,37)(H,34,39)/t26-,27-/m0/s1. The molecule has 0 saturated carbocycles. The van der Waals surface area contributed by atoms with Gasteiger partial charge in [0.2, 0.25) is 11.8 Å². The van der Waals surface area contributed by atoms with Crippen LogP contribution >= 0.6 is 0 Å². The molecule has 212 valence electrons. The van der Waals surface area contributed by atoms with Gasteiger partial charge in [-0.25, -0.2) is 4.79 Å². The molecule has 3 aromatic rings. The van der Waals surface area contributed by atoms with E-state index in [4.69, 9.17) is 15.0 Å². The summed E-state index contributed by atoms with van der Waals surface area (Å²) in [7, 11) is 0. The molecule has 0 aliphatic heterocycles. The Balaban J connectivity index is 1.46. The van der Waals surface area contributed by atoms with E-state index >= 15 is 0 Å². The van der Waals surface area contributed by atoms with Gasteiger partial charge in [0, 0.05) is 10.8 Å². The maximum absolute atomic E-state index is 13.3. The fraction of sp³-hybridized carbons (Fsp3) is 0.323. The summed E-state index contributed by atoms with van der Waals surface area (Å²) in [5, 5.41) is 8.37. The topological polar surface area (TPSA) is 142 Å². The zero-order chi connectivity index (χ0) is 29.4. The Morgan fingerprint density at radius 2 is 1.46 bits per heavy atom. The molecule has 10 nitrogen and oxygen atoms in total. The van der Waals surface area contributed by atoms with Gasteiger partial charge in [-0.05, 0) is 65.7 Å². The minimum Gasteiger partial charge on any atom is -0.449 e. The minimum atomic E-state index is -1.18. The van der Waals surface area contributed by atoms with Gasteiger partial charge in [-0.1, -0.05) is 78.9 Å². The van der Waals surface area contributed by atoms with Crippen LogP contribution in [0, 0.1) is 0 Å². The molecule has 2 N–H and O–H groups in total. The van der Waals surface area contributed by atoms with Crippen LogP contribution in [0.1, 0.15) is 43.4 Å². The van der Waals surface area contributed by atoms with Crippen molar-refractivity contribution in [2.45, 2.75) is 50.8 Å². The highest BCUT2D eigenvalue weighted by Crippen LogP contribution is 2.44. The second kappa shape index (κ2) is 13.1. The van der Waals surface area contributed by atoms with Gasteiger partial charge in [-0.15, -0.1) is 0 Å². The van der Waals surface area contributed by atoms with Crippen molar-refractivity contribution in [3.05, 3.63) is 106 Å². The average Bonchev–Trinajstić information content (AvgIpc) is 3.27. The molecule has 0 radical (unpaired) electrons. The van der Waals surface area contributed by atoms with Crippen molar-refractivity contribution in [3.8, 4) is 11.1 Å². The lowest BCUT2D eigenvalue weighted by Crippen LogP contribution is -2.54. The van der Waals surface area contributed by atoms with Gasteiger partial charge in [0.15, 0.2) is 0 Å². The van der Waals surface area contributed by atoms with E-state index in [0.29, 0.717) is 0 Å². The summed E-state index contributed by atoms with van der Waals surface area (Å²) >= 11 is 0. The summed E-state index contributed by atoms with van der Waals surface area (Å²) in [6, 6.07) is 22.6. The Hall–Kier alpha value is -4.66. The van der Waals surface area contributed by atoms with E-state index in [1.165, 1.54) is 0 Å². The molecule has 0 aromatic heterocycles. The third kappa shape index (κ3) is 7.72. The van der Waals surface area contributed by atoms with Crippen LogP contribution in [0.5, 0.6) is 0 Å². The summed E-state index contributed by atoms with van der Waals surface area (Å²) in [6.45, 7) is 5.35. The van der Waals surface area contributed by atoms with E-state index in [-0.39, 0.29) is 25.6 Å². The van der Waals surface area contributed by atoms with Crippen LogP contribution in [0.25, 0.3) is 21.6 Å². The summed E-state index contributed by atoms with van der Waals surface area (Å²) in [5.74, 6) is -1.67. The molecule has 3 amide bonds. The van der Waals surface area contributed by atoms with Gasteiger partial charge >= 0.3 is 6.09 Å². The Labute approximate surface area is 238 Å². The normalized spacial score (nSPS) is 13.6. The zero-order valence-electron chi connectivity index (χ0n) is 23.2. The van der Waals surface area contributed by atoms with Crippen LogP contribution in [0.3, 0.4) is 0 Å². The third-order valence-electron chi connectivity index (χ3n) is 6.68. The van der Waals surface area contributed by atoms with Crippen LogP contribution < -0.4 is 10.6 Å². The van der Waals surface area contributed by atoms with Crippen LogP contribution in [0.15, 0.2) is 84.0 Å². The largest absolute Gasteiger partial charge is 0.449 e. The lowest BCUT2D eigenvalue weighted by Gasteiger charge is -2.26. The molecule has 0 heterocycles. The highest BCUT2D eigenvalue weighted by Gasteiger charge is 2.31. The summed E-state index contributed by atoms with van der Waals surface area (Å²) in [6.07, 6.45) is -0.701. The molecule has 10 heteroatoms. The van der Waals surface area contributed by atoms with E-state index in [2.05, 4.69) is 20.7 Å². The highest BCUT2D eigenvalue weighted by molar-refractivity contribution is 5.92. The lowest BCUT2D eigenvalue weighted by atomic mass is 9.98. The van der Waals surface area contributed by atoms with E-state index < -0.39 is 35.6 Å². The van der Waals surface area contributed by atoms with Gasteiger partial charge < -0.3 is 20.1 Å². The predicted octanol–water partition coefficient (Wildman–Crippen LogP) is 5.27. The van der Waals surface area contributed by atoms with Crippen molar-refractivity contribution in [3.63, 3.8) is 0 Å². The van der Waals surface area contributed by atoms with E-state index in [0.717, 1.165) is 27.8 Å². The highest BCUT2D eigenvalue weighted by atomic mass is 16.5. The number of hydrogen-bond donors (Lipinski definition) is 2. The number of carbonyl (C=O) groups excluding carboxylic acids is 3. The molecule has 4 rings (SSSR count). The monoisotopic (exact) mass is 555 g/mol. The van der Waals surface area contributed by atoms with Crippen molar-refractivity contribution in [1.29, 1.82) is 0 Å². The molecule has 0 spiro atoms. The molecular weight excluding hydrogens is 522 g/mol. The molecule has 0 unspecified atom stereocenters. The first-order valence-electron chi connectivity index (χ1n) is 13.3. The van der Waals surface area contributed by atoms with Crippen molar-refractivity contribution in [1.82, 2.24) is 10.6 Å². The third-order valence-corrected chi connectivity index (χ3v) is 6.68. The Morgan fingerprint density at radius 3 is 2.05 bits per heavy atom. The summed E-state index contributed by atoms with van der Waals surface area (Å²) in [5.41, 5.74) is 13.3. The molecular formula is C31H33N5O5. The van der Waals surface area contributed by atoms with E-state index in [9.17, 15) is 14.4 Å². The Kier molecular flexibility index (Phi) is 9.39. The number of ether oxygens (including phenoxy) is 2. The molecule has 41 heavy (non-hydrogen) atoms. The van der Waals surface area contributed by atoms with Crippen molar-refractivity contribution in [2.24, 2.45) is 5.11 Å². The van der Waals surface area contributed by atoms with Gasteiger partial charge in [0.1, 0.15) is 12.6 Å². The molecule has 1 aliphatic rings. The number of benzene rings is 3. The van der Waals surface area contributed by atoms with Crippen LogP contribution in [0.2, 0.25) is 0 Å². The summed E-state index contributed by atoms with van der Waals surface area (Å²) < 4.78 is 11.4. The number of hydrogen-bond acceptors (Lipinski definition) is 5. The SMILES string of the molecule is CC(C)(C)OC[C@H](NC(=O)OCC1c2ccccc2-c2ccccc21)C(=O)N[C@@H](Cc1ccccc1)C(=O)N=[N+]=[N-]. The van der Waals surface area contributed by atoms with Gasteiger partial charge in [0.25, 0.3) is 0 Å². The lowest BCUT2D eigenvalue weighted by molar-refractivity contribution is -0.130. The fourth-order valence-corrected chi connectivity index (χ4v) is 4.73. The number of azide groups is 1. The number of alkyl carbamates (subject to hydrolysis) is 1. The van der Waals surface area contributed by atoms with Crippen molar-refractivity contribution >= 4 is 17.9 Å². The maximum Gasteiger partial charge on any atom is 0.407 e. The summed E-state index contributed by atoms with van der Waals surface area (Å²) in [4.78, 5) is 41.4. The first-order valence-corrected chi connectivity index (χ1v) is 13.3. The second-order valence-corrected chi connectivity index (χ2v) is 10.7. The van der Waals surface area contributed by atoms with E-state index in [1.54, 1.807) is 24.3 Å². The molecule has 0 bridgehead atoms. The minimum absolute atomic E-state index is 0.0698. The molecule has 3 aromatic carbocycles. The van der Waals surface area contributed by atoms with Crippen LogP contribution in [0.4, 0.5) is 4.79 Å². The number of nitrogens with zero attached hydrogens (tertiary/aromatic N) is 3. The van der Waals surface area contributed by atoms with Crippen molar-refractivity contribution in [2.75, 3.05) is 13.2 Å². The maximum atomic E-state index is 13.3. The fourth-order valence-electron chi connectivity index (χ4n) is 4.73. The smallest absolute Gasteiger partial charge is 0.407 e. The Bertz CT molecular complexity index is 1400. The second-order valence-electron chi connectivity index (χ2n) is 10.7. The molecule has 0 saturated heterocycles. The van der Waals surface area contributed by atoms with Crippen LogP contribution in [-0.2, 0) is 25.5 Å². The van der Waals surface area contributed by atoms with Gasteiger partial charge in [0.05, 0.1) is 18.2 Å². The number of rotatable bonds is 10. The first kappa shape index (κ1) is 29.3. The zero-order valence-corrected chi connectivity index (χ0v) is 23.2. The van der Waals surface area contributed by atoms with E-state index in [1.807, 2.05) is 75.4 Å². The quantitative estimate of drug-likeness (QED) is 0.199. The van der Waals surface area contributed by atoms with Gasteiger partial charge in [-0.3, -0.25) is 9.59 Å². The number of fused-ring (bicyclic) bond motifs is 3. The predicted molar refractivity (Wildman–Crippen MR) is 154 cm³/mol. The number of nitrogens with one attached hydrogen (secondary N) is 2. The number of carbonyl (C=O) groups is 3. The molecule has 2 atom stereocenters. The number of amides is 3. The molecule has 0 fully saturated rings. The Morgan fingerprint density at radius 1 is 0.878 bits per heavy atom.